The second kappa shape index (κ2) is 8.77. The van der Waals surface area contributed by atoms with E-state index in [1.807, 2.05) is 6.92 Å². The Morgan fingerprint density at radius 1 is 1.26 bits per heavy atom. The number of likely N-dealkylation sites (tertiary alicyclic amines) is 1. The van der Waals surface area contributed by atoms with Gasteiger partial charge in [-0.3, -0.25) is 9.59 Å². The number of hydrogen-bond acceptors (Lipinski definition) is 3. The second-order valence-corrected chi connectivity index (χ2v) is 6.15. The lowest BCUT2D eigenvalue weighted by molar-refractivity contribution is -0.134. The van der Waals surface area contributed by atoms with E-state index in [4.69, 9.17) is 16.3 Å². The lowest BCUT2D eigenvalue weighted by atomic mass is 10.0. The molecule has 5 nitrogen and oxygen atoms in total. The zero-order valence-corrected chi connectivity index (χ0v) is 14.1. The van der Waals surface area contributed by atoms with Crippen LogP contribution in [0.1, 0.15) is 32.6 Å². The van der Waals surface area contributed by atoms with Crippen molar-refractivity contribution in [3.63, 3.8) is 0 Å². The van der Waals surface area contributed by atoms with Gasteiger partial charge in [-0.1, -0.05) is 18.5 Å². The van der Waals surface area contributed by atoms with E-state index in [2.05, 4.69) is 5.32 Å². The normalized spacial score (nSPS) is 15.3. The highest BCUT2D eigenvalue weighted by molar-refractivity contribution is 6.30. The van der Waals surface area contributed by atoms with Crippen molar-refractivity contribution in [1.29, 1.82) is 0 Å². The van der Waals surface area contributed by atoms with Crippen molar-refractivity contribution in [3.05, 3.63) is 29.3 Å². The molecule has 1 aliphatic heterocycles. The summed E-state index contributed by atoms with van der Waals surface area (Å²) >= 11 is 5.80. The van der Waals surface area contributed by atoms with Crippen molar-refractivity contribution in [1.82, 2.24) is 10.2 Å². The highest BCUT2D eigenvalue weighted by Crippen LogP contribution is 2.16. The van der Waals surface area contributed by atoms with E-state index < -0.39 is 0 Å². The lowest BCUT2D eigenvalue weighted by Crippen LogP contribution is -2.47. The van der Waals surface area contributed by atoms with Gasteiger partial charge in [0.1, 0.15) is 5.75 Å². The van der Waals surface area contributed by atoms with Crippen LogP contribution in [0, 0.1) is 0 Å². The van der Waals surface area contributed by atoms with Crippen LogP contribution in [0.25, 0.3) is 0 Å². The molecule has 1 fully saturated rings. The molecule has 0 radical (unpaired) electrons. The number of hydrogen-bond donors (Lipinski definition) is 1. The summed E-state index contributed by atoms with van der Waals surface area (Å²) < 4.78 is 5.48. The van der Waals surface area contributed by atoms with Crippen LogP contribution >= 0.6 is 11.6 Å². The molecule has 1 aliphatic rings. The summed E-state index contributed by atoms with van der Waals surface area (Å²) in [6, 6.07) is 7.11. The first-order valence-electron chi connectivity index (χ1n) is 8.04. The molecule has 1 saturated heterocycles. The Labute approximate surface area is 141 Å². The Morgan fingerprint density at radius 2 is 1.91 bits per heavy atom. The van der Waals surface area contributed by atoms with Gasteiger partial charge < -0.3 is 15.0 Å². The molecule has 23 heavy (non-hydrogen) atoms. The quantitative estimate of drug-likeness (QED) is 0.867. The molecule has 0 aliphatic carbocycles. The Kier molecular flexibility index (Phi) is 6.71. The number of ether oxygens (including phenoxy) is 1. The van der Waals surface area contributed by atoms with Gasteiger partial charge in [-0.2, -0.15) is 0 Å². The number of rotatable bonds is 6. The molecule has 2 rings (SSSR count). The van der Waals surface area contributed by atoms with Crippen LogP contribution in [-0.2, 0) is 9.59 Å². The van der Waals surface area contributed by atoms with Gasteiger partial charge in [0.25, 0.3) is 5.91 Å². The van der Waals surface area contributed by atoms with Crippen molar-refractivity contribution in [3.8, 4) is 5.75 Å². The molecule has 6 heteroatoms. The third kappa shape index (κ3) is 5.75. The SMILES string of the molecule is CCCC(=O)NC1CCN(C(=O)COc2ccc(Cl)cc2)CC1. The number of benzene rings is 1. The van der Waals surface area contributed by atoms with E-state index in [1.165, 1.54) is 0 Å². The summed E-state index contributed by atoms with van der Waals surface area (Å²) in [5, 5.41) is 3.66. The highest BCUT2D eigenvalue weighted by Gasteiger charge is 2.23. The van der Waals surface area contributed by atoms with Crippen molar-refractivity contribution in [2.75, 3.05) is 19.7 Å². The predicted molar refractivity (Wildman–Crippen MR) is 89.6 cm³/mol. The van der Waals surface area contributed by atoms with E-state index >= 15 is 0 Å². The van der Waals surface area contributed by atoms with Gasteiger partial charge in [-0.05, 0) is 43.5 Å². The van der Waals surface area contributed by atoms with Gasteiger partial charge in [0, 0.05) is 30.6 Å². The predicted octanol–water partition coefficient (Wildman–Crippen LogP) is 2.63. The topological polar surface area (TPSA) is 58.6 Å². The molecule has 1 aromatic rings. The molecule has 126 valence electrons. The fourth-order valence-corrected chi connectivity index (χ4v) is 2.69. The van der Waals surface area contributed by atoms with Gasteiger partial charge in [0.2, 0.25) is 5.91 Å². The minimum atomic E-state index is -0.0294. The fraction of sp³-hybridized carbons (Fsp3) is 0.529. The van der Waals surface area contributed by atoms with E-state index in [0.29, 0.717) is 30.3 Å². The molecule has 0 bridgehead atoms. The van der Waals surface area contributed by atoms with E-state index in [-0.39, 0.29) is 24.5 Å². The first-order chi connectivity index (χ1) is 11.1. The third-order valence-electron chi connectivity index (χ3n) is 3.87. The summed E-state index contributed by atoms with van der Waals surface area (Å²) in [5.74, 6) is 0.700. The van der Waals surface area contributed by atoms with Crippen molar-refractivity contribution in [2.45, 2.75) is 38.6 Å². The molecular formula is C17H23ClN2O3. The average Bonchev–Trinajstić information content (AvgIpc) is 2.55. The lowest BCUT2D eigenvalue weighted by Gasteiger charge is -2.32. The van der Waals surface area contributed by atoms with Crippen LogP contribution in [0.4, 0.5) is 0 Å². The van der Waals surface area contributed by atoms with E-state index in [1.54, 1.807) is 29.2 Å². The Hall–Kier alpha value is -1.75. The van der Waals surface area contributed by atoms with Gasteiger partial charge in [0.15, 0.2) is 6.61 Å². The molecule has 0 saturated carbocycles. The summed E-state index contributed by atoms with van der Waals surface area (Å²) in [6.07, 6.45) is 3.00. The Morgan fingerprint density at radius 3 is 2.52 bits per heavy atom. The van der Waals surface area contributed by atoms with Crippen LogP contribution in [0.5, 0.6) is 5.75 Å². The summed E-state index contributed by atoms with van der Waals surface area (Å²) in [7, 11) is 0. The maximum atomic E-state index is 12.2. The maximum absolute atomic E-state index is 12.2. The minimum absolute atomic E-state index is 0.0223. The smallest absolute Gasteiger partial charge is 0.260 e. The fourth-order valence-electron chi connectivity index (χ4n) is 2.57. The van der Waals surface area contributed by atoms with Gasteiger partial charge in [0.05, 0.1) is 0 Å². The number of nitrogens with one attached hydrogen (secondary N) is 1. The first-order valence-corrected chi connectivity index (χ1v) is 8.41. The summed E-state index contributed by atoms with van der Waals surface area (Å²) in [5.41, 5.74) is 0. The number of nitrogens with zero attached hydrogens (tertiary/aromatic N) is 1. The number of carbonyl (C=O) groups is 2. The minimum Gasteiger partial charge on any atom is -0.484 e. The molecule has 1 aromatic carbocycles. The second-order valence-electron chi connectivity index (χ2n) is 5.72. The molecule has 1 N–H and O–H groups in total. The van der Waals surface area contributed by atoms with Crippen LogP contribution in [-0.4, -0.2) is 42.5 Å². The maximum Gasteiger partial charge on any atom is 0.260 e. The van der Waals surface area contributed by atoms with E-state index in [0.717, 1.165) is 19.3 Å². The first kappa shape index (κ1) is 17.6. The molecule has 0 unspecified atom stereocenters. The zero-order valence-electron chi connectivity index (χ0n) is 13.4. The number of piperidine rings is 1. The summed E-state index contributed by atoms with van der Waals surface area (Å²) in [4.78, 5) is 25.5. The monoisotopic (exact) mass is 338 g/mol. The molecule has 0 aromatic heterocycles. The molecule has 1 heterocycles. The standard InChI is InChI=1S/C17H23ClN2O3/c1-2-3-16(21)19-14-8-10-20(11-9-14)17(22)12-23-15-6-4-13(18)5-7-15/h4-7,14H,2-3,8-12H2,1H3,(H,19,21). The average molecular weight is 339 g/mol. The molecule has 2 amide bonds. The van der Waals surface area contributed by atoms with Crippen LogP contribution in [0.2, 0.25) is 5.02 Å². The summed E-state index contributed by atoms with van der Waals surface area (Å²) in [6.45, 7) is 3.32. The van der Waals surface area contributed by atoms with Crippen LogP contribution in [0.3, 0.4) is 0 Å². The van der Waals surface area contributed by atoms with Gasteiger partial charge in [-0.15, -0.1) is 0 Å². The third-order valence-corrected chi connectivity index (χ3v) is 4.12. The van der Waals surface area contributed by atoms with Gasteiger partial charge in [-0.25, -0.2) is 0 Å². The Balaban J connectivity index is 1.71. The van der Waals surface area contributed by atoms with Gasteiger partial charge >= 0.3 is 0 Å². The van der Waals surface area contributed by atoms with Crippen LogP contribution in [0.15, 0.2) is 24.3 Å². The molecular weight excluding hydrogens is 316 g/mol. The number of carbonyl (C=O) groups excluding carboxylic acids is 2. The molecule has 0 atom stereocenters. The van der Waals surface area contributed by atoms with E-state index in [9.17, 15) is 9.59 Å². The van der Waals surface area contributed by atoms with Crippen molar-refractivity contribution < 1.29 is 14.3 Å². The molecule has 0 spiro atoms. The number of halogens is 1. The highest BCUT2D eigenvalue weighted by atomic mass is 35.5. The van der Waals surface area contributed by atoms with Crippen LogP contribution < -0.4 is 10.1 Å². The zero-order chi connectivity index (χ0) is 16.7. The number of amides is 2. The van der Waals surface area contributed by atoms with Crippen molar-refractivity contribution >= 4 is 23.4 Å². The van der Waals surface area contributed by atoms with Crippen molar-refractivity contribution in [2.24, 2.45) is 0 Å². The largest absolute Gasteiger partial charge is 0.484 e. The Bertz CT molecular complexity index is 525.